The molecule has 186 valence electrons. The summed E-state index contributed by atoms with van der Waals surface area (Å²) in [6.07, 6.45) is 0.865. The van der Waals surface area contributed by atoms with E-state index in [-0.39, 0.29) is 25.4 Å². The summed E-state index contributed by atoms with van der Waals surface area (Å²) in [5.41, 5.74) is 3.62. The number of amides is 2. The van der Waals surface area contributed by atoms with Crippen molar-refractivity contribution < 1.29 is 33.4 Å². The van der Waals surface area contributed by atoms with Crippen molar-refractivity contribution in [3.63, 3.8) is 0 Å². The average molecular weight is 483 g/mol. The van der Waals surface area contributed by atoms with Crippen molar-refractivity contribution in [1.29, 1.82) is 0 Å². The van der Waals surface area contributed by atoms with Gasteiger partial charge in [0.15, 0.2) is 0 Å². The molecule has 1 heterocycles. The second kappa shape index (κ2) is 12.0. The standard InChI is InChI=1S/C26H30N2O7/c1-17-14-20(24(30)27-21(25(31)34-3)10-7-11-22(29)33-2)15-19-12-13-28(23(17)19)26(32)35-16-18-8-5-4-6-9-18/h4-6,8-9,14-15,21H,7,10-13,16H2,1-3H3,(H,27,30)/t21-/m0/s1. The normalized spacial score (nSPS) is 12.9. The number of nitrogens with one attached hydrogen (secondary N) is 1. The van der Waals surface area contributed by atoms with Crippen LogP contribution < -0.4 is 10.2 Å². The zero-order valence-corrected chi connectivity index (χ0v) is 20.2. The van der Waals surface area contributed by atoms with Gasteiger partial charge in [-0.1, -0.05) is 30.3 Å². The zero-order valence-electron chi connectivity index (χ0n) is 20.2. The number of fused-ring (bicyclic) bond motifs is 1. The fourth-order valence-electron chi connectivity index (χ4n) is 4.07. The quantitative estimate of drug-likeness (QED) is 0.431. The van der Waals surface area contributed by atoms with E-state index in [1.54, 1.807) is 17.0 Å². The Kier molecular flexibility index (Phi) is 8.83. The van der Waals surface area contributed by atoms with E-state index in [0.717, 1.165) is 22.4 Å². The largest absolute Gasteiger partial charge is 0.469 e. The van der Waals surface area contributed by atoms with Crippen LogP contribution in [0.3, 0.4) is 0 Å². The van der Waals surface area contributed by atoms with Gasteiger partial charge in [-0.3, -0.25) is 14.5 Å². The molecule has 1 N–H and O–H groups in total. The predicted octanol–water partition coefficient (Wildman–Crippen LogP) is 3.31. The minimum absolute atomic E-state index is 0.133. The lowest BCUT2D eigenvalue weighted by atomic mass is 10.0. The van der Waals surface area contributed by atoms with Gasteiger partial charge in [0.25, 0.3) is 5.91 Å². The molecule has 0 fully saturated rings. The van der Waals surface area contributed by atoms with Gasteiger partial charge in [-0.25, -0.2) is 9.59 Å². The zero-order chi connectivity index (χ0) is 25.4. The number of esters is 2. The van der Waals surface area contributed by atoms with E-state index in [2.05, 4.69) is 10.1 Å². The number of ether oxygens (including phenoxy) is 3. The molecule has 0 aromatic heterocycles. The molecule has 0 unspecified atom stereocenters. The van der Waals surface area contributed by atoms with E-state index in [4.69, 9.17) is 9.47 Å². The number of benzene rings is 2. The van der Waals surface area contributed by atoms with Crippen LogP contribution in [0.1, 0.15) is 46.3 Å². The third kappa shape index (κ3) is 6.59. The lowest BCUT2D eigenvalue weighted by Gasteiger charge is -2.20. The van der Waals surface area contributed by atoms with Crippen molar-refractivity contribution in [3.05, 3.63) is 64.7 Å². The molecule has 0 spiro atoms. The number of hydrogen-bond donors (Lipinski definition) is 1. The van der Waals surface area contributed by atoms with Gasteiger partial charge < -0.3 is 19.5 Å². The molecule has 0 saturated carbocycles. The smallest absolute Gasteiger partial charge is 0.414 e. The van der Waals surface area contributed by atoms with Crippen LogP contribution in [-0.4, -0.2) is 50.7 Å². The van der Waals surface area contributed by atoms with Crippen molar-refractivity contribution in [2.75, 3.05) is 25.7 Å². The lowest BCUT2D eigenvalue weighted by molar-refractivity contribution is -0.144. The molecule has 1 atom stereocenters. The molecule has 9 nitrogen and oxygen atoms in total. The van der Waals surface area contributed by atoms with Crippen LogP contribution in [0.15, 0.2) is 42.5 Å². The third-order valence-electron chi connectivity index (χ3n) is 5.83. The van der Waals surface area contributed by atoms with Crippen LogP contribution >= 0.6 is 0 Å². The Hall–Kier alpha value is -3.88. The summed E-state index contributed by atoms with van der Waals surface area (Å²) in [5.74, 6) is -1.41. The van der Waals surface area contributed by atoms with Crippen molar-refractivity contribution in [3.8, 4) is 0 Å². The van der Waals surface area contributed by atoms with Gasteiger partial charge in [-0.15, -0.1) is 0 Å². The Morgan fingerprint density at radius 1 is 1.06 bits per heavy atom. The lowest BCUT2D eigenvalue weighted by Crippen LogP contribution is -2.41. The number of nitrogens with zero attached hydrogens (tertiary/aromatic N) is 1. The summed E-state index contributed by atoms with van der Waals surface area (Å²) in [6, 6.07) is 12.0. The molecule has 0 aliphatic carbocycles. The first-order valence-electron chi connectivity index (χ1n) is 11.4. The Morgan fingerprint density at radius 2 is 1.80 bits per heavy atom. The van der Waals surface area contributed by atoms with Crippen LogP contribution in [0.4, 0.5) is 10.5 Å². The van der Waals surface area contributed by atoms with Crippen molar-refractivity contribution in [2.45, 2.75) is 45.3 Å². The topological polar surface area (TPSA) is 111 Å². The van der Waals surface area contributed by atoms with Crippen LogP contribution in [0.2, 0.25) is 0 Å². The maximum atomic E-state index is 12.9. The molecule has 0 bridgehead atoms. The Bertz CT molecular complexity index is 1080. The van der Waals surface area contributed by atoms with Gasteiger partial charge in [0.2, 0.25) is 0 Å². The number of rotatable bonds is 9. The summed E-state index contributed by atoms with van der Waals surface area (Å²) in [6.45, 7) is 2.45. The molecular formula is C26H30N2O7. The highest BCUT2D eigenvalue weighted by Crippen LogP contribution is 2.33. The minimum Gasteiger partial charge on any atom is -0.469 e. The number of anilines is 1. The van der Waals surface area contributed by atoms with Crippen molar-refractivity contribution in [2.24, 2.45) is 0 Å². The summed E-state index contributed by atoms with van der Waals surface area (Å²) in [5, 5.41) is 2.70. The summed E-state index contributed by atoms with van der Waals surface area (Å²) in [4.78, 5) is 50.7. The first kappa shape index (κ1) is 25.7. The molecule has 0 saturated heterocycles. The minimum atomic E-state index is -0.893. The highest BCUT2D eigenvalue weighted by Gasteiger charge is 2.30. The summed E-state index contributed by atoms with van der Waals surface area (Å²) >= 11 is 0. The van der Waals surface area contributed by atoms with Gasteiger partial charge in [0.1, 0.15) is 12.6 Å². The third-order valence-corrected chi connectivity index (χ3v) is 5.83. The number of hydrogen-bond acceptors (Lipinski definition) is 7. The Labute approximate surface area is 204 Å². The van der Waals surface area contributed by atoms with Crippen molar-refractivity contribution >= 4 is 29.6 Å². The Morgan fingerprint density at radius 3 is 2.49 bits per heavy atom. The molecule has 1 aliphatic heterocycles. The average Bonchev–Trinajstić information content (AvgIpc) is 3.31. The van der Waals surface area contributed by atoms with Crippen molar-refractivity contribution in [1.82, 2.24) is 5.32 Å². The van der Waals surface area contributed by atoms with E-state index in [0.29, 0.717) is 24.9 Å². The highest BCUT2D eigenvalue weighted by molar-refractivity contribution is 5.99. The van der Waals surface area contributed by atoms with Gasteiger partial charge in [-0.2, -0.15) is 0 Å². The van der Waals surface area contributed by atoms with E-state index in [9.17, 15) is 19.2 Å². The van der Waals surface area contributed by atoms with Gasteiger partial charge in [0, 0.05) is 18.5 Å². The predicted molar refractivity (Wildman–Crippen MR) is 128 cm³/mol. The number of aryl methyl sites for hydroxylation is 1. The van der Waals surface area contributed by atoms with E-state index >= 15 is 0 Å². The van der Waals surface area contributed by atoms with Crippen LogP contribution in [0.5, 0.6) is 0 Å². The number of carbonyl (C=O) groups excluding carboxylic acids is 4. The van der Waals surface area contributed by atoms with Crippen LogP contribution in [-0.2, 0) is 36.8 Å². The maximum Gasteiger partial charge on any atom is 0.414 e. The molecule has 35 heavy (non-hydrogen) atoms. The molecule has 9 heteroatoms. The summed E-state index contributed by atoms with van der Waals surface area (Å²) in [7, 11) is 2.54. The fourth-order valence-corrected chi connectivity index (χ4v) is 4.07. The second-order valence-electron chi connectivity index (χ2n) is 8.26. The van der Waals surface area contributed by atoms with E-state index in [1.165, 1.54) is 14.2 Å². The first-order valence-corrected chi connectivity index (χ1v) is 11.4. The molecule has 3 rings (SSSR count). The SMILES string of the molecule is COC(=O)CCC[C@H](NC(=O)c1cc(C)c2c(c1)CCN2C(=O)OCc1ccccc1)C(=O)OC. The van der Waals surface area contributed by atoms with Crippen LogP contribution in [0, 0.1) is 6.92 Å². The molecule has 1 aliphatic rings. The fraction of sp³-hybridized carbons (Fsp3) is 0.385. The van der Waals surface area contributed by atoms with Gasteiger partial charge >= 0.3 is 18.0 Å². The number of carbonyl (C=O) groups is 4. The van der Waals surface area contributed by atoms with E-state index < -0.39 is 24.0 Å². The van der Waals surface area contributed by atoms with Gasteiger partial charge in [-0.05, 0) is 55.0 Å². The molecule has 2 aromatic carbocycles. The maximum absolute atomic E-state index is 12.9. The van der Waals surface area contributed by atoms with Gasteiger partial charge in [0.05, 0.1) is 19.9 Å². The molecule has 2 amide bonds. The molecule has 0 radical (unpaired) electrons. The first-order chi connectivity index (χ1) is 16.8. The summed E-state index contributed by atoms with van der Waals surface area (Å²) < 4.78 is 14.9. The Balaban J connectivity index is 1.67. The molecule has 2 aromatic rings. The number of methoxy groups -OCH3 is 2. The monoisotopic (exact) mass is 482 g/mol. The van der Waals surface area contributed by atoms with E-state index in [1.807, 2.05) is 37.3 Å². The molecular weight excluding hydrogens is 452 g/mol. The second-order valence-corrected chi connectivity index (χ2v) is 8.26. The van der Waals surface area contributed by atoms with Crippen LogP contribution in [0.25, 0.3) is 0 Å². The highest BCUT2D eigenvalue weighted by atomic mass is 16.6.